The predicted molar refractivity (Wildman–Crippen MR) is 257 cm³/mol. The number of halogens is 2. The first-order chi connectivity index (χ1) is 32.9. The molecule has 0 saturated carbocycles. The monoisotopic (exact) mass is 963 g/mol. The second kappa shape index (κ2) is 19.5. The lowest BCUT2D eigenvalue weighted by atomic mass is 9.77. The number of carbonyl (C=O) groups excluding carboxylic acids is 1. The molecule has 1 unspecified atom stereocenters. The van der Waals surface area contributed by atoms with Gasteiger partial charge in [0, 0.05) is 11.6 Å². The van der Waals surface area contributed by atoms with Gasteiger partial charge in [0.25, 0.3) is 0 Å². The molecule has 362 valence electrons. The number of carbonyl (C=O) groups is 1. The maximum atomic E-state index is 17.6. The number of hydrogen-bond acceptors (Lipinski definition) is 13. The second-order valence-corrected chi connectivity index (χ2v) is 20.0. The Morgan fingerprint density at radius 1 is 0.899 bits per heavy atom. The number of nitrogens with zero attached hydrogens (tertiary/aromatic N) is 5. The molecule has 15 nitrogen and oxygen atoms in total. The first-order valence-corrected chi connectivity index (χ1v) is 24.1. The lowest BCUT2D eigenvalue weighted by molar-refractivity contribution is -0.188. The minimum absolute atomic E-state index is 0.0646. The number of methoxy groups -OCH3 is 1. The molecule has 3 aromatic heterocycles. The van der Waals surface area contributed by atoms with Gasteiger partial charge < -0.3 is 28.8 Å². The van der Waals surface area contributed by atoms with Crippen molar-refractivity contribution in [3.8, 4) is 17.4 Å². The number of hydrogen-bond donors (Lipinski definition) is 2. The van der Waals surface area contributed by atoms with E-state index in [4.69, 9.17) is 38.0 Å². The van der Waals surface area contributed by atoms with E-state index in [-0.39, 0.29) is 47.4 Å². The molecule has 4 heterocycles. The Balaban J connectivity index is 1.16. The molecular formula is C51H56F2N7O8P. The van der Waals surface area contributed by atoms with Crippen molar-refractivity contribution in [1.29, 1.82) is 0 Å². The Kier molecular flexibility index (Phi) is 13.8. The molecule has 0 amide bonds. The molecule has 8 rings (SSSR count). The second-order valence-electron chi connectivity index (χ2n) is 18.3. The maximum Gasteiger partial charge on any atom is 0.459 e. The Morgan fingerprint density at radius 3 is 2.20 bits per heavy atom. The molecule has 1 aliphatic heterocycles. The number of benzene rings is 4. The van der Waals surface area contributed by atoms with Crippen molar-refractivity contribution in [2.45, 2.75) is 77.8 Å². The number of anilines is 1. The van der Waals surface area contributed by atoms with Gasteiger partial charge in [0.2, 0.25) is 17.7 Å². The first kappa shape index (κ1) is 48.9. The van der Waals surface area contributed by atoms with Crippen LogP contribution in [0.25, 0.3) is 22.1 Å². The quantitative estimate of drug-likeness (QED) is 0.0473. The average Bonchev–Trinajstić information content (AvgIpc) is 3.84. The molecule has 18 heteroatoms. The van der Waals surface area contributed by atoms with Crippen LogP contribution < -0.4 is 24.4 Å². The fourth-order valence-electron chi connectivity index (χ4n) is 8.23. The molecule has 0 aliphatic carbocycles. The summed E-state index contributed by atoms with van der Waals surface area (Å²) in [5, 5.41) is 6.70. The van der Waals surface area contributed by atoms with Crippen molar-refractivity contribution < 1.29 is 46.1 Å². The zero-order valence-corrected chi connectivity index (χ0v) is 40.6. The fraction of sp³-hybridized carbons (Fsp3) is 0.353. The third-order valence-corrected chi connectivity index (χ3v) is 13.7. The highest BCUT2D eigenvalue weighted by molar-refractivity contribution is 7.52. The van der Waals surface area contributed by atoms with E-state index in [9.17, 15) is 9.36 Å². The third-order valence-electron chi connectivity index (χ3n) is 12.1. The number of aromatic nitrogens is 5. The van der Waals surface area contributed by atoms with Gasteiger partial charge in [0.05, 0.1) is 38.1 Å². The Bertz CT molecular complexity index is 2910. The van der Waals surface area contributed by atoms with E-state index in [1.54, 1.807) is 44.5 Å². The van der Waals surface area contributed by atoms with Gasteiger partial charge in [0.15, 0.2) is 23.1 Å². The molecule has 2 N–H and O–H groups in total. The molecule has 1 fully saturated rings. The lowest BCUT2D eigenvalue weighted by Gasteiger charge is -2.37. The molecule has 6 atom stereocenters. The van der Waals surface area contributed by atoms with E-state index in [1.165, 1.54) is 37.7 Å². The van der Waals surface area contributed by atoms with Crippen LogP contribution in [0.5, 0.6) is 17.4 Å². The molecule has 0 bridgehead atoms. The van der Waals surface area contributed by atoms with Crippen LogP contribution in [0.1, 0.15) is 71.4 Å². The SMILES string of the molecule is CCOc1nc(NC(c2ccccc2)(c2ccccc2)c2ccc(OC)cc2)nc2c1ncn2[C@@H]1O[C@](F)(COP(=O)(N[C@@H](C)C(=O)OCC(C)(C)C)Oc2cccc3ncccc23)[C@@H](C)[C@@]1(C)F. The summed E-state index contributed by atoms with van der Waals surface area (Å²) in [7, 11) is -3.12. The van der Waals surface area contributed by atoms with E-state index in [1.807, 2.05) is 106 Å². The zero-order valence-electron chi connectivity index (χ0n) is 39.7. The lowest BCUT2D eigenvalue weighted by Crippen LogP contribution is -2.41. The summed E-state index contributed by atoms with van der Waals surface area (Å²) in [6.07, 6.45) is 1.16. The number of nitrogens with one attached hydrogen (secondary N) is 2. The van der Waals surface area contributed by atoms with Gasteiger partial charge in [-0.3, -0.25) is 18.9 Å². The number of esters is 1. The number of alkyl halides is 2. The van der Waals surface area contributed by atoms with Crippen molar-refractivity contribution in [2.24, 2.45) is 11.3 Å². The molecular weight excluding hydrogens is 908 g/mol. The van der Waals surface area contributed by atoms with Crippen LogP contribution in [0, 0.1) is 11.3 Å². The summed E-state index contributed by atoms with van der Waals surface area (Å²) in [4.78, 5) is 31.8. The van der Waals surface area contributed by atoms with Crippen LogP contribution in [0.15, 0.2) is 128 Å². The molecule has 7 aromatic rings. The number of pyridine rings is 1. The molecule has 0 radical (unpaired) electrons. The molecule has 0 spiro atoms. The van der Waals surface area contributed by atoms with Gasteiger partial charge in [0.1, 0.15) is 29.7 Å². The normalized spacial score (nSPS) is 20.8. The predicted octanol–water partition coefficient (Wildman–Crippen LogP) is 10.5. The largest absolute Gasteiger partial charge is 0.497 e. The molecule has 69 heavy (non-hydrogen) atoms. The topological polar surface area (TPSA) is 170 Å². The minimum Gasteiger partial charge on any atom is -0.497 e. The minimum atomic E-state index is -4.72. The highest BCUT2D eigenvalue weighted by Gasteiger charge is 2.63. The van der Waals surface area contributed by atoms with Crippen LogP contribution in [-0.4, -0.2) is 75.0 Å². The van der Waals surface area contributed by atoms with Gasteiger partial charge >= 0.3 is 13.7 Å². The van der Waals surface area contributed by atoms with E-state index in [2.05, 4.69) is 20.4 Å². The fourth-order valence-corrected chi connectivity index (χ4v) is 9.76. The van der Waals surface area contributed by atoms with Gasteiger partial charge in [-0.2, -0.15) is 15.1 Å². The Morgan fingerprint density at radius 2 is 1.57 bits per heavy atom. The zero-order chi connectivity index (χ0) is 49.2. The highest BCUT2D eigenvalue weighted by Crippen LogP contribution is 2.55. The van der Waals surface area contributed by atoms with E-state index >= 15 is 8.78 Å². The van der Waals surface area contributed by atoms with Crippen LogP contribution in [0.3, 0.4) is 0 Å². The van der Waals surface area contributed by atoms with E-state index < -0.39 is 55.6 Å². The molecule has 4 aromatic carbocycles. The van der Waals surface area contributed by atoms with E-state index in [0.717, 1.165) is 16.7 Å². The maximum absolute atomic E-state index is 17.6. The summed E-state index contributed by atoms with van der Waals surface area (Å²) < 4.78 is 86.2. The van der Waals surface area contributed by atoms with Gasteiger partial charge in [-0.15, -0.1) is 0 Å². The third kappa shape index (κ3) is 10.0. The van der Waals surface area contributed by atoms with E-state index in [0.29, 0.717) is 16.7 Å². The van der Waals surface area contributed by atoms with Crippen LogP contribution in [-0.2, 0) is 28.9 Å². The van der Waals surface area contributed by atoms with Gasteiger partial charge in [-0.05, 0) is 79.3 Å². The summed E-state index contributed by atoms with van der Waals surface area (Å²) in [5.41, 5.74) is -0.728. The smallest absolute Gasteiger partial charge is 0.459 e. The van der Waals surface area contributed by atoms with Gasteiger partial charge in [-0.25, -0.2) is 18.3 Å². The Hall–Kier alpha value is -6.52. The van der Waals surface area contributed by atoms with Crippen molar-refractivity contribution in [2.75, 3.05) is 32.2 Å². The molecule has 1 aliphatic rings. The summed E-state index contributed by atoms with van der Waals surface area (Å²) >= 11 is 0. The van der Waals surface area contributed by atoms with Crippen molar-refractivity contribution in [3.05, 3.63) is 144 Å². The highest BCUT2D eigenvalue weighted by atomic mass is 31.2. The molecule has 1 saturated heterocycles. The van der Waals surface area contributed by atoms with Crippen molar-refractivity contribution >= 4 is 41.7 Å². The Labute approximate surface area is 399 Å². The van der Waals surface area contributed by atoms with Crippen LogP contribution in [0.2, 0.25) is 0 Å². The number of rotatable bonds is 18. The summed E-state index contributed by atoms with van der Waals surface area (Å²) in [6.45, 7) is 10.5. The first-order valence-electron chi connectivity index (χ1n) is 22.6. The average molecular weight is 964 g/mol. The van der Waals surface area contributed by atoms with Crippen molar-refractivity contribution in [3.63, 3.8) is 0 Å². The van der Waals surface area contributed by atoms with Crippen LogP contribution >= 0.6 is 7.75 Å². The number of fused-ring (bicyclic) bond motifs is 2. The number of ether oxygens (including phenoxy) is 4. The summed E-state index contributed by atoms with van der Waals surface area (Å²) in [5.74, 6) is -4.37. The number of imidazole rings is 1. The van der Waals surface area contributed by atoms with Crippen LogP contribution in [0.4, 0.5) is 14.7 Å². The van der Waals surface area contributed by atoms with Gasteiger partial charge in [-0.1, -0.05) is 107 Å². The van der Waals surface area contributed by atoms with Crippen molar-refractivity contribution in [1.82, 2.24) is 29.6 Å². The standard InChI is InChI=1S/C51H56F2N7O8P/c1-9-64-44-42-43(56-47(57-44)58-51(35-18-12-10-13-19-35,36-20-14-11-15-21-36)37-25-27-38(63-8)28-26-37)60(32-55-42)46-49(7,52)34(3)50(53,67-46)31-66-69(62,59-33(2)45(61)65-30-48(4,5)6)68-41-24-16-23-40-39(41)22-17-29-54-40/h10-29,32-34,46H,9,30-31H2,1-8H3,(H,59,62)(H,56,57,58)/t33-,34-,46+,49+,50+,69?/m0/s1. The summed E-state index contributed by atoms with van der Waals surface area (Å²) in [6, 6.07) is 34.1.